The van der Waals surface area contributed by atoms with E-state index in [9.17, 15) is 0 Å². The lowest BCUT2D eigenvalue weighted by molar-refractivity contribution is 0.116. The van der Waals surface area contributed by atoms with Crippen molar-refractivity contribution in [3.05, 3.63) is 0 Å². The van der Waals surface area contributed by atoms with Gasteiger partial charge in [-0.05, 0) is 38.7 Å². The minimum Gasteiger partial charge on any atom is -0.449 e. The van der Waals surface area contributed by atoms with Gasteiger partial charge in [0.15, 0.2) is 8.32 Å². The van der Waals surface area contributed by atoms with E-state index in [0.717, 1.165) is 42.8 Å². The van der Waals surface area contributed by atoms with Crippen LogP contribution in [0.3, 0.4) is 0 Å². The monoisotopic (exact) mass is 340 g/mol. The number of epoxide rings is 1. The van der Waals surface area contributed by atoms with Crippen LogP contribution in [0.1, 0.15) is 6.42 Å². The van der Waals surface area contributed by atoms with Gasteiger partial charge in [-0.3, -0.25) is 0 Å². The third-order valence-corrected chi connectivity index (χ3v) is 12.7. The van der Waals surface area contributed by atoms with Crippen LogP contribution in [-0.4, -0.2) is 63.3 Å². The van der Waals surface area contributed by atoms with Crippen LogP contribution in [-0.2, 0) is 21.8 Å². The summed E-state index contributed by atoms with van der Waals surface area (Å²) in [6.07, 6.45) is 1.43. The largest absolute Gasteiger partial charge is 0.449 e. The van der Waals surface area contributed by atoms with Gasteiger partial charge in [-0.2, -0.15) is 0 Å². The summed E-state index contributed by atoms with van der Waals surface area (Å²) in [6, 6.07) is 1.11. The molecule has 0 saturated carbocycles. The molecule has 0 aromatic heterocycles. The third kappa shape index (κ3) is 9.26. The highest BCUT2D eigenvalue weighted by Gasteiger charge is 2.34. The van der Waals surface area contributed by atoms with Gasteiger partial charge in [0.1, 0.15) is 16.6 Å². The lowest BCUT2D eigenvalue weighted by atomic mass is 10.5. The molecular weight excluding hydrogens is 312 g/mol. The Labute approximate surface area is 124 Å². The first-order valence-corrected chi connectivity index (χ1v) is 14.8. The summed E-state index contributed by atoms with van der Waals surface area (Å²) in [5.74, 6) is 0. The molecule has 0 bridgehead atoms. The molecule has 9 heteroatoms. The van der Waals surface area contributed by atoms with Crippen molar-refractivity contribution in [2.24, 2.45) is 0 Å². The van der Waals surface area contributed by atoms with Crippen LogP contribution in [0, 0.1) is 0 Å². The molecule has 0 aliphatic carbocycles. The number of rotatable bonds is 11. The maximum Gasteiger partial charge on any atom is 0.312 e. The topological polar surface area (TPSA) is 49.5 Å². The van der Waals surface area contributed by atoms with E-state index in [4.69, 9.17) is 21.8 Å². The quantitative estimate of drug-likeness (QED) is 0.302. The number of hydrogen-bond donors (Lipinski definition) is 0. The average Bonchev–Trinajstić information content (AvgIpc) is 3.08. The molecule has 0 amide bonds. The maximum atomic E-state index is 6.31. The Hall–Kier alpha value is 0.668. The normalized spacial score (nSPS) is 20.5. The predicted octanol–water partition coefficient (Wildman–Crippen LogP) is 0.0278. The van der Waals surface area contributed by atoms with Crippen molar-refractivity contribution < 1.29 is 21.8 Å². The van der Waals surface area contributed by atoms with E-state index in [2.05, 4.69) is 26.2 Å². The van der Waals surface area contributed by atoms with Gasteiger partial charge in [-0.15, -0.1) is 0 Å². The fourth-order valence-corrected chi connectivity index (χ4v) is 12.1. The average molecular weight is 341 g/mol. The first-order valence-electron chi connectivity index (χ1n) is 6.87. The second kappa shape index (κ2) is 8.19. The Morgan fingerprint density at radius 2 is 2.00 bits per heavy atom. The van der Waals surface area contributed by atoms with Gasteiger partial charge in [-0.25, -0.2) is 0 Å². The van der Waals surface area contributed by atoms with Gasteiger partial charge in [0.25, 0.3) is 10.0 Å². The Balaban J connectivity index is 2.13. The van der Waals surface area contributed by atoms with E-state index in [-0.39, 0.29) is 0 Å². The third-order valence-electron chi connectivity index (χ3n) is 2.82. The smallest absolute Gasteiger partial charge is 0.312 e. The molecule has 0 N–H and O–H groups in total. The molecule has 1 atom stereocenters. The van der Waals surface area contributed by atoms with Crippen molar-refractivity contribution in [2.45, 2.75) is 44.8 Å². The van der Waals surface area contributed by atoms with Crippen LogP contribution in [0.25, 0.3) is 0 Å². The highest BCUT2D eigenvalue weighted by molar-refractivity contribution is 6.83. The number of ether oxygens (including phenoxy) is 2. The van der Waals surface area contributed by atoms with Crippen molar-refractivity contribution in [2.75, 3.05) is 19.8 Å². The Kier molecular flexibility index (Phi) is 7.64. The molecule has 1 aliphatic rings. The Morgan fingerprint density at radius 1 is 1.32 bits per heavy atom. The molecule has 1 heterocycles. The second-order valence-electron chi connectivity index (χ2n) is 5.95. The number of hydrogen-bond acceptors (Lipinski definition) is 5. The minimum atomic E-state index is -1.98. The zero-order valence-corrected chi connectivity index (χ0v) is 18.3. The zero-order chi connectivity index (χ0) is 14.4. The second-order valence-corrected chi connectivity index (χ2v) is 17.3. The van der Waals surface area contributed by atoms with Crippen LogP contribution in [0.5, 0.6) is 0 Å². The Morgan fingerprint density at radius 3 is 2.58 bits per heavy atom. The van der Waals surface area contributed by atoms with Gasteiger partial charge in [0, 0.05) is 6.61 Å². The zero-order valence-electron chi connectivity index (χ0n) is 12.9. The van der Waals surface area contributed by atoms with Gasteiger partial charge in [0.05, 0.1) is 13.2 Å². The fraction of sp³-hybridized carbons (Fsp3) is 1.00. The molecule has 1 saturated heterocycles. The van der Waals surface area contributed by atoms with E-state index in [0.29, 0.717) is 6.10 Å². The lowest BCUT2D eigenvalue weighted by Crippen LogP contribution is -2.47. The summed E-state index contributed by atoms with van der Waals surface area (Å²) in [5, 5.41) is 0. The van der Waals surface area contributed by atoms with E-state index in [1.165, 1.54) is 0 Å². The molecule has 0 aromatic rings. The Bertz CT molecular complexity index is 260. The van der Waals surface area contributed by atoms with Crippen molar-refractivity contribution in [1.29, 1.82) is 0 Å². The van der Waals surface area contributed by atoms with Crippen molar-refractivity contribution in [1.82, 2.24) is 0 Å². The van der Waals surface area contributed by atoms with Crippen molar-refractivity contribution in [3.8, 4) is 0 Å². The van der Waals surface area contributed by atoms with Crippen molar-refractivity contribution >= 4 is 37.4 Å². The van der Waals surface area contributed by atoms with E-state index in [1.54, 1.807) is 0 Å². The van der Waals surface area contributed by atoms with E-state index < -0.39 is 26.9 Å². The van der Waals surface area contributed by atoms with Crippen LogP contribution < -0.4 is 0 Å². The van der Waals surface area contributed by atoms with Crippen molar-refractivity contribution in [3.63, 3.8) is 0 Å². The highest BCUT2D eigenvalue weighted by atomic mass is 28.5. The van der Waals surface area contributed by atoms with Crippen LogP contribution in [0.4, 0.5) is 0 Å². The molecule has 5 nitrogen and oxygen atoms in total. The SMILES string of the molecule is C[Si](C)(CCCOCC1CO1)O[Si](C)(C)O[SiH2]O[SiH3]. The summed E-state index contributed by atoms with van der Waals surface area (Å²) >= 11 is 0. The van der Waals surface area contributed by atoms with E-state index >= 15 is 0 Å². The molecule has 19 heavy (non-hydrogen) atoms. The molecule has 0 aromatic carbocycles. The van der Waals surface area contributed by atoms with Gasteiger partial charge < -0.3 is 21.8 Å². The maximum absolute atomic E-state index is 6.31. The molecule has 0 spiro atoms. The molecule has 1 aliphatic heterocycles. The summed E-state index contributed by atoms with van der Waals surface area (Å²) in [7, 11) is -3.65. The van der Waals surface area contributed by atoms with Crippen LogP contribution in [0.2, 0.25) is 32.2 Å². The molecule has 1 rings (SSSR count). The minimum absolute atomic E-state index is 0.365. The van der Waals surface area contributed by atoms with Gasteiger partial charge in [0.2, 0.25) is 0 Å². The first kappa shape index (κ1) is 17.7. The summed E-state index contributed by atoms with van der Waals surface area (Å²) in [5.41, 5.74) is 0. The van der Waals surface area contributed by atoms with Crippen LogP contribution in [0.15, 0.2) is 0 Å². The molecule has 114 valence electrons. The standard InChI is InChI=1S/C10H28O5Si4/c1-18(2,15-19(3,4)14-17-13-16)7-5-6-11-8-10-9-12-10/h10H,5-9,17H2,1-4,16H3. The highest BCUT2D eigenvalue weighted by Crippen LogP contribution is 2.20. The van der Waals surface area contributed by atoms with Crippen LogP contribution >= 0.6 is 0 Å². The molecule has 1 fully saturated rings. The van der Waals surface area contributed by atoms with Gasteiger partial charge in [-0.1, -0.05) is 0 Å². The summed E-state index contributed by atoms with van der Waals surface area (Å²) in [6.45, 7) is 11.2. The summed E-state index contributed by atoms with van der Waals surface area (Å²) < 4.78 is 28.0. The van der Waals surface area contributed by atoms with Gasteiger partial charge >= 0.3 is 8.56 Å². The summed E-state index contributed by atoms with van der Waals surface area (Å²) in [4.78, 5) is 0. The molecule has 0 radical (unpaired) electrons. The first-order chi connectivity index (χ1) is 8.85. The predicted molar refractivity (Wildman–Crippen MR) is 86.7 cm³/mol. The molecule has 1 unspecified atom stereocenters. The molecular formula is C10H28O5Si4. The fourth-order valence-electron chi connectivity index (χ4n) is 1.93. The lowest BCUT2D eigenvalue weighted by Gasteiger charge is -2.33. The van der Waals surface area contributed by atoms with E-state index in [1.807, 2.05) is 0 Å².